The van der Waals surface area contributed by atoms with Crippen molar-refractivity contribution in [3.63, 3.8) is 0 Å². The normalized spacial score (nSPS) is 17.8. The standard InChI is InChI=1S/C18H19FN2O6S/c19-13-1-3-14(4-2-13)26-10-15-5-6-16(27-15)18(23)21-20-17(22)9-12-7-8-28(24,25)11-12/h1-6,12H,7-11H2,(H,20,22)(H,21,23). The van der Waals surface area contributed by atoms with E-state index in [1.165, 1.54) is 30.3 Å². The molecule has 3 rings (SSSR count). The summed E-state index contributed by atoms with van der Waals surface area (Å²) in [6.45, 7) is 0.0431. The lowest BCUT2D eigenvalue weighted by Crippen LogP contribution is -2.42. The summed E-state index contributed by atoms with van der Waals surface area (Å²) in [4.78, 5) is 23.9. The molecule has 1 atom stereocenters. The molecular weight excluding hydrogens is 391 g/mol. The van der Waals surface area contributed by atoms with Crippen molar-refractivity contribution < 1.29 is 31.6 Å². The number of carbonyl (C=O) groups is 2. The molecule has 2 amide bonds. The summed E-state index contributed by atoms with van der Waals surface area (Å²) >= 11 is 0. The number of sulfone groups is 1. The van der Waals surface area contributed by atoms with Crippen molar-refractivity contribution >= 4 is 21.7 Å². The van der Waals surface area contributed by atoms with Crippen LogP contribution < -0.4 is 15.6 Å². The number of hydrogen-bond donors (Lipinski definition) is 2. The summed E-state index contributed by atoms with van der Waals surface area (Å²) in [7, 11) is -3.05. The summed E-state index contributed by atoms with van der Waals surface area (Å²) in [6, 6.07) is 8.44. The lowest BCUT2D eigenvalue weighted by atomic mass is 10.1. The van der Waals surface area contributed by atoms with E-state index < -0.39 is 21.7 Å². The molecule has 1 aliphatic rings. The second-order valence-corrected chi connectivity index (χ2v) is 8.71. The SMILES string of the molecule is O=C(CC1CCS(=O)(=O)C1)NNC(=O)c1ccc(COc2ccc(F)cc2)o1. The third-order valence-electron chi connectivity index (χ3n) is 4.20. The van der Waals surface area contributed by atoms with Gasteiger partial charge in [-0.1, -0.05) is 0 Å². The number of halogens is 1. The molecule has 0 radical (unpaired) electrons. The number of furan rings is 1. The topological polar surface area (TPSA) is 115 Å². The molecule has 1 aliphatic heterocycles. The van der Waals surface area contributed by atoms with Crippen molar-refractivity contribution in [1.82, 2.24) is 10.9 Å². The third kappa shape index (κ3) is 5.56. The largest absolute Gasteiger partial charge is 0.486 e. The fourth-order valence-electron chi connectivity index (χ4n) is 2.80. The monoisotopic (exact) mass is 410 g/mol. The van der Waals surface area contributed by atoms with Gasteiger partial charge in [0.25, 0.3) is 0 Å². The summed E-state index contributed by atoms with van der Waals surface area (Å²) < 4.78 is 46.4. The summed E-state index contributed by atoms with van der Waals surface area (Å²) in [5.41, 5.74) is 4.47. The van der Waals surface area contributed by atoms with E-state index in [2.05, 4.69) is 10.9 Å². The fraction of sp³-hybridized carbons (Fsp3) is 0.333. The number of hydrazine groups is 1. The van der Waals surface area contributed by atoms with Crippen LogP contribution in [0.1, 0.15) is 29.2 Å². The van der Waals surface area contributed by atoms with Crippen LogP contribution in [0.3, 0.4) is 0 Å². The van der Waals surface area contributed by atoms with E-state index in [0.29, 0.717) is 17.9 Å². The lowest BCUT2D eigenvalue weighted by Gasteiger charge is -2.09. The van der Waals surface area contributed by atoms with Crippen LogP contribution in [0.2, 0.25) is 0 Å². The van der Waals surface area contributed by atoms with E-state index in [4.69, 9.17) is 9.15 Å². The Kier molecular flexibility index (Phi) is 5.98. The highest BCUT2D eigenvalue weighted by Crippen LogP contribution is 2.21. The zero-order valence-corrected chi connectivity index (χ0v) is 15.6. The Hall–Kier alpha value is -2.88. The first-order valence-corrected chi connectivity index (χ1v) is 10.4. The van der Waals surface area contributed by atoms with Crippen molar-refractivity contribution in [2.24, 2.45) is 5.92 Å². The van der Waals surface area contributed by atoms with Crippen LogP contribution >= 0.6 is 0 Å². The Morgan fingerprint density at radius 3 is 2.57 bits per heavy atom. The van der Waals surface area contributed by atoms with Gasteiger partial charge >= 0.3 is 5.91 Å². The summed E-state index contributed by atoms with van der Waals surface area (Å²) in [5, 5.41) is 0. The van der Waals surface area contributed by atoms with Crippen molar-refractivity contribution in [1.29, 1.82) is 0 Å². The molecule has 2 aromatic rings. The quantitative estimate of drug-likeness (QED) is 0.699. The number of nitrogens with one attached hydrogen (secondary N) is 2. The Morgan fingerprint density at radius 2 is 1.89 bits per heavy atom. The Labute approximate surface area is 160 Å². The number of hydrogen-bond acceptors (Lipinski definition) is 6. The molecule has 0 saturated carbocycles. The van der Waals surface area contributed by atoms with Gasteiger partial charge in [-0.15, -0.1) is 0 Å². The van der Waals surface area contributed by atoms with Gasteiger partial charge in [0.15, 0.2) is 15.6 Å². The molecule has 0 bridgehead atoms. The van der Waals surface area contributed by atoms with Crippen molar-refractivity contribution in [2.45, 2.75) is 19.4 Å². The zero-order chi connectivity index (χ0) is 20.1. The second kappa shape index (κ2) is 8.42. The van der Waals surface area contributed by atoms with E-state index >= 15 is 0 Å². The van der Waals surface area contributed by atoms with Gasteiger partial charge in [0.2, 0.25) is 5.91 Å². The van der Waals surface area contributed by atoms with Gasteiger partial charge in [-0.05, 0) is 48.7 Å². The van der Waals surface area contributed by atoms with E-state index in [0.717, 1.165) is 0 Å². The number of ether oxygens (including phenoxy) is 1. The van der Waals surface area contributed by atoms with Gasteiger partial charge in [-0.2, -0.15) is 0 Å². The molecule has 28 heavy (non-hydrogen) atoms. The van der Waals surface area contributed by atoms with Gasteiger partial charge in [0.1, 0.15) is 23.9 Å². The molecule has 1 saturated heterocycles. The molecule has 1 aromatic carbocycles. The lowest BCUT2D eigenvalue weighted by molar-refractivity contribution is -0.122. The van der Waals surface area contributed by atoms with E-state index in [1.807, 2.05) is 0 Å². The number of rotatable bonds is 6. The molecule has 0 aliphatic carbocycles. The van der Waals surface area contributed by atoms with Gasteiger partial charge in [0, 0.05) is 6.42 Å². The average molecular weight is 410 g/mol. The maximum absolute atomic E-state index is 12.8. The van der Waals surface area contributed by atoms with Crippen LogP contribution in [0.4, 0.5) is 4.39 Å². The van der Waals surface area contributed by atoms with E-state index in [1.54, 1.807) is 6.07 Å². The zero-order valence-electron chi connectivity index (χ0n) is 14.8. The van der Waals surface area contributed by atoms with Crippen LogP contribution in [0.25, 0.3) is 0 Å². The highest BCUT2D eigenvalue weighted by molar-refractivity contribution is 7.91. The van der Waals surface area contributed by atoms with E-state index in [-0.39, 0.29) is 42.0 Å². The second-order valence-electron chi connectivity index (χ2n) is 6.48. The molecule has 1 unspecified atom stereocenters. The highest BCUT2D eigenvalue weighted by Gasteiger charge is 2.29. The van der Waals surface area contributed by atoms with Crippen molar-refractivity contribution in [3.05, 3.63) is 53.7 Å². The minimum absolute atomic E-state index is 0.00995. The molecular formula is C18H19FN2O6S. The molecule has 1 aromatic heterocycles. The van der Waals surface area contributed by atoms with Crippen LogP contribution in [0.15, 0.2) is 40.8 Å². The van der Waals surface area contributed by atoms with Crippen LogP contribution in [-0.2, 0) is 21.2 Å². The first-order chi connectivity index (χ1) is 13.3. The van der Waals surface area contributed by atoms with Crippen molar-refractivity contribution in [3.8, 4) is 5.75 Å². The predicted octanol–water partition coefficient (Wildman–Crippen LogP) is 1.58. The smallest absolute Gasteiger partial charge is 0.305 e. The Balaban J connectivity index is 1.43. The van der Waals surface area contributed by atoms with Gasteiger partial charge < -0.3 is 9.15 Å². The Bertz CT molecular complexity index is 955. The summed E-state index contributed by atoms with van der Waals surface area (Å²) in [6.07, 6.45) is 0.466. The summed E-state index contributed by atoms with van der Waals surface area (Å²) in [5.74, 6) is -0.858. The molecule has 8 nitrogen and oxygen atoms in total. The molecule has 0 spiro atoms. The van der Waals surface area contributed by atoms with Gasteiger partial charge in [0.05, 0.1) is 11.5 Å². The van der Waals surface area contributed by atoms with E-state index in [9.17, 15) is 22.4 Å². The molecule has 2 N–H and O–H groups in total. The molecule has 1 fully saturated rings. The molecule has 150 valence electrons. The fourth-order valence-corrected chi connectivity index (χ4v) is 4.66. The highest BCUT2D eigenvalue weighted by atomic mass is 32.2. The first-order valence-electron chi connectivity index (χ1n) is 8.57. The van der Waals surface area contributed by atoms with Crippen molar-refractivity contribution in [2.75, 3.05) is 11.5 Å². The number of carbonyl (C=O) groups excluding carboxylic acids is 2. The average Bonchev–Trinajstić information content (AvgIpc) is 3.25. The third-order valence-corrected chi connectivity index (χ3v) is 6.03. The van der Waals surface area contributed by atoms with Gasteiger partial charge in [-0.25, -0.2) is 12.8 Å². The van der Waals surface area contributed by atoms with Crippen LogP contribution in [0.5, 0.6) is 5.75 Å². The van der Waals surface area contributed by atoms with Gasteiger partial charge in [-0.3, -0.25) is 20.4 Å². The maximum Gasteiger partial charge on any atom is 0.305 e. The number of benzene rings is 1. The minimum atomic E-state index is -3.05. The minimum Gasteiger partial charge on any atom is -0.486 e. The number of amides is 2. The van der Waals surface area contributed by atoms with Crippen LogP contribution in [-0.4, -0.2) is 31.7 Å². The molecule has 10 heteroatoms. The van der Waals surface area contributed by atoms with Crippen LogP contribution in [0, 0.1) is 11.7 Å². The predicted molar refractivity (Wildman–Crippen MR) is 96.4 cm³/mol. The Morgan fingerprint density at radius 1 is 1.14 bits per heavy atom. The first kappa shape index (κ1) is 19.9. The molecule has 2 heterocycles. The maximum atomic E-state index is 12.8.